The molecule has 3 aromatic rings. The first kappa shape index (κ1) is 20.7. The normalized spacial score (nSPS) is 12.6. The van der Waals surface area contributed by atoms with E-state index in [0.29, 0.717) is 28.6 Å². The van der Waals surface area contributed by atoms with Crippen LogP contribution in [0.4, 0.5) is 0 Å². The molecule has 0 saturated heterocycles. The van der Waals surface area contributed by atoms with Gasteiger partial charge in [-0.3, -0.25) is 13.9 Å². The Hall–Kier alpha value is -2.03. The third-order valence-electron chi connectivity index (χ3n) is 4.59. The summed E-state index contributed by atoms with van der Waals surface area (Å²) in [6.07, 6.45) is 1.00. The van der Waals surface area contributed by atoms with Crippen LogP contribution in [0.1, 0.15) is 12.0 Å². The molecule has 0 saturated carbocycles. The molecule has 0 fully saturated rings. The van der Waals surface area contributed by atoms with Gasteiger partial charge in [-0.1, -0.05) is 42.1 Å². The van der Waals surface area contributed by atoms with Crippen molar-refractivity contribution in [3.05, 3.63) is 56.7 Å². The first-order valence-corrected chi connectivity index (χ1v) is 10.5. The number of thioether (sulfide) groups is 1. The first-order chi connectivity index (χ1) is 13.4. The Balaban J connectivity index is 1.98. The second-order valence-electron chi connectivity index (χ2n) is 6.63. The number of aromatic nitrogens is 4. The average molecular weight is 423 g/mol. The van der Waals surface area contributed by atoms with Crippen LogP contribution in [0.15, 0.2) is 45.1 Å². The lowest BCUT2D eigenvalue weighted by Gasteiger charge is -2.10. The maximum atomic E-state index is 12.8. The summed E-state index contributed by atoms with van der Waals surface area (Å²) in [5.41, 5.74) is 1.20. The van der Waals surface area contributed by atoms with Gasteiger partial charge in [0.05, 0.1) is 6.10 Å². The van der Waals surface area contributed by atoms with Crippen molar-refractivity contribution in [2.45, 2.75) is 30.6 Å². The van der Waals surface area contributed by atoms with Crippen molar-refractivity contribution < 1.29 is 5.11 Å². The molecule has 9 heteroatoms. The zero-order valence-electron chi connectivity index (χ0n) is 15.8. The largest absolute Gasteiger partial charge is 0.391 e. The lowest BCUT2D eigenvalue weighted by atomic mass is 10.1. The molecule has 2 heterocycles. The number of rotatable bonds is 8. The molecule has 0 aliphatic carbocycles. The fourth-order valence-corrected chi connectivity index (χ4v) is 4.23. The van der Waals surface area contributed by atoms with Crippen LogP contribution in [0.25, 0.3) is 11.2 Å². The number of aryl methyl sites for hydroxylation is 3. The van der Waals surface area contributed by atoms with Gasteiger partial charge >= 0.3 is 5.69 Å². The molecule has 0 bridgehead atoms. The molecule has 0 amide bonds. The Kier molecular flexibility index (Phi) is 6.64. The topological polar surface area (TPSA) is 82.1 Å². The van der Waals surface area contributed by atoms with Crippen molar-refractivity contribution in [3.63, 3.8) is 0 Å². The highest BCUT2D eigenvalue weighted by molar-refractivity contribution is 7.99. The second-order valence-corrected chi connectivity index (χ2v) is 7.93. The number of aliphatic hydroxyl groups excluding tert-OH is 1. The first-order valence-electron chi connectivity index (χ1n) is 9.01. The number of benzene rings is 1. The van der Waals surface area contributed by atoms with Gasteiger partial charge in [0.15, 0.2) is 16.3 Å². The van der Waals surface area contributed by atoms with Crippen molar-refractivity contribution in [1.29, 1.82) is 0 Å². The highest BCUT2D eigenvalue weighted by Crippen LogP contribution is 2.23. The Bertz CT molecular complexity index is 1070. The molecular weight excluding hydrogens is 400 g/mol. The number of halogens is 1. The molecule has 1 atom stereocenters. The van der Waals surface area contributed by atoms with E-state index in [1.165, 1.54) is 28.9 Å². The van der Waals surface area contributed by atoms with Crippen molar-refractivity contribution in [1.82, 2.24) is 18.7 Å². The standard InChI is InChI=1S/C19H23ClN4O3S/c1-22-16-15(17(26)23(2)19(22)27)24(18(21-16)28-12-14(25)11-20)10-6-9-13-7-4-3-5-8-13/h3-5,7-8,14,25H,6,9-12H2,1-2H3/t14-/m0/s1. The van der Waals surface area contributed by atoms with Crippen LogP contribution in [-0.2, 0) is 27.1 Å². The molecule has 28 heavy (non-hydrogen) atoms. The highest BCUT2D eigenvalue weighted by atomic mass is 35.5. The molecule has 0 aliphatic heterocycles. The van der Waals surface area contributed by atoms with E-state index in [0.717, 1.165) is 17.4 Å². The molecule has 0 aliphatic rings. The van der Waals surface area contributed by atoms with Crippen LogP contribution in [0, 0.1) is 0 Å². The Labute approximate surface area is 171 Å². The predicted octanol–water partition coefficient (Wildman–Crippen LogP) is 1.76. The van der Waals surface area contributed by atoms with E-state index in [9.17, 15) is 14.7 Å². The number of nitrogens with zero attached hydrogens (tertiary/aromatic N) is 4. The minimum absolute atomic E-state index is 0.126. The van der Waals surface area contributed by atoms with Crippen LogP contribution in [0.2, 0.25) is 0 Å². The van der Waals surface area contributed by atoms with E-state index in [1.807, 2.05) is 22.8 Å². The molecular formula is C19H23ClN4O3S. The van der Waals surface area contributed by atoms with Gasteiger partial charge in [-0.2, -0.15) is 0 Å². The molecule has 0 radical (unpaired) electrons. The van der Waals surface area contributed by atoms with Gasteiger partial charge in [0, 0.05) is 32.3 Å². The third-order valence-corrected chi connectivity index (χ3v) is 6.06. The summed E-state index contributed by atoms with van der Waals surface area (Å²) in [5, 5.41) is 10.4. The van der Waals surface area contributed by atoms with Gasteiger partial charge in [-0.25, -0.2) is 9.78 Å². The fraction of sp³-hybridized carbons (Fsp3) is 0.421. The lowest BCUT2D eigenvalue weighted by Crippen LogP contribution is -2.37. The van der Waals surface area contributed by atoms with Crippen molar-refractivity contribution in [2.75, 3.05) is 11.6 Å². The number of aliphatic hydroxyl groups is 1. The molecule has 7 nitrogen and oxygen atoms in total. The SMILES string of the molecule is Cn1c(=O)c2c(nc(SC[C@@H](O)CCl)n2CCCc2ccccc2)n(C)c1=O. The maximum absolute atomic E-state index is 12.8. The summed E-state index contributed by atoms with van der Waals surface area (Å²) in [4.78, 5) is 29.5. The van der Waals surface area contributed by atoms with Crippen LogP contribution in [0.5, 0.6) is 0 Å². The summed E-state index contributed by atoms with van der Waals surface area (Å²) in [6.45, 7) is 0.581. The third kappa shape index (κ3) is 4.19. The van der Waals surface area contributed by atoms with Crippen LogP contribution >= 0.6 is 23.4 Å². The molecule has 2 aromatic heterocycles. The number of hydrogen-bond donors (Lipinski definition) is 1. The number of fused-ring (bicyclic) bond motifs is 1. The summed E-state index contributed by atoms with van der Waals surface area (Å²) >= 11 is 7.03. The van der Waals surface area contributed by atoms with Crippen molar-refractivity contribution >= 4 is 34.5 Å². The van der Waals surface area contributed by atoms with Gasteiger partial charge in [-0.05, 0) is 18.4 Å². The quantitative estimate of drug-likeness (QED) is 0.442. The van der Waals surface area contributed by atoms with Gasteiger partial charge in [-0.15, -0.1) is 11.6 Å². The average Bonchev–Trinajstić information content (AvgIpc) is 3.08. The smallest absolute Gasteiger partial charge is 0.332 e. The van der Waals surface area contributed by atoms with Gasteiger partial charge in [0.1, 0.15) is 0 Å². The van der Waals surface area contributed by atoms with E-state index in [1.54, 1.807) is 7.05 Å². The van der Waals surface area contributed by atoms with Crippen LogP contribution in [-0.4, -0.2) is 41.5 Å². The monoisotopic (exact) mass is 422 g/mol. The zero-order valence-corrected chi connectivity index (χ0v) is 17.4. The van der Waals surface area contributed by atoms with Crippen LogP contribution in [0.3, 0.4) is 0 Å². The van der Waals surface area contributed by atoms with Gasteiger partial charge < -0.3 is 9.67 Å². The van der Waals surface area contributed by atoms with E-state index >= 15 is 0 Å². The summed E-state index contributed by atoms with van der Waals surface area (Å²) in [5.74, 6) is 0.487. The second kappa shape index (κ2) is 8.98. The number of imidazole rings is 1. The van der Waals surface area contributed by atoms with Gasteiger partial charge in [0.2, 0.25) is 0 Å². The summed E-state index contributed by atoms with van der Waals surface area (Å²) in [6, 6.07) is 10.1. The fourth-order valence-electron chi connectivity index (χ4n) is 3.05. The van der Waals surface area contributed by atoms with Crippen molar-refractivity contribution in [2.24, 2.45) is 14.1 Å². The maximum Gasteiger partial charge on any atom is 0.332 e. The molecule has 1 N–H and O–H groups in total. The Morgan fingerprint density at radius 3 is 2.57 bits per heavy atom. The van der Waals surface area contributed by atoms with E-state index in [2.05, 4.69) is 17.1 Å². The molecule has 1 aromatic carbocycles. The Morgan fingerprint density at radius 2 is 1.89 bits per heavy atom. The minimum Gasteiger partial charge on any atom is -0.391 e. The minimum atomic E-state index is -0.670. The van der Waals surface area contributed by atoms with Gasteiger partial charge in [0.25, 0.3) is 5.56 Å². The zero-order chi connectivity index (χ0) is 20.3. The molecule has 150 valence electrons. The van der Waals surface area contributed by atoms with E-state index in [-0.39, 0.29) is 11.4 Å². The van der Waals surface area contributed by atoms with E-state index in [4.69, 9.17) is 11.6 Å². The lowest BCUT2D eigenvalue weighted by molar-refractivity contribution is 0.223. The summed E-state index contributed by atoms with van der Waals surface area (Å²) < 4.78 is 4.33. The summed E-state index contributed by atoms with van der Waals surface area (Å²) in [7, 11) is 3.07. The molecule has 0 spiro atoms. The van der Waals surface area contributed by atoms with Crippen molar-refractivity contribution in [3.8, 4) is 0 Å². The number of alkyl halides is 1. The van der Waals surface area contributed by atoms with Crippen LogP contribution < -0.4 is 11.2 Å². The predicted molar refractivity (Wildman–Crippen MR) is 112 cm³/mol. The molecule has 0 unspecified atom stereocenters. The van der Waals surface area contributed by atoms with E-state index < -0.39 is 11.8 Å². The highest BCUT2D eigenvalue weighted by Gasteiger charge is 2.20. The Morgan fingerprint density at radius 1 is 1.18 bits per heavy atom. The molecule has 3 rings (SSSR count). The number of hydrogen-bond acceptors (Lipinski definition) is 5.